The number of hydrogen-bond acceptors (Lipinski definition) is 2. The Kier molecular flexibility index (Phi) is 11.1. The summed E-state index contributed by atoms with van der Waals surface area (Å²) in [5.41, 5.74) is 30.3. The van der Waals surface area contributed by atoms with Crippen LogP contribution in [0.3, 0.4) is 0 Å². The van der Waals surface area contributed by atoms with Gasteiger partial charge in [-0.25, -0.2) is 0 Å². The summed E-state index contributed by atoms with van der Waals surface area (Å²) in [5.74, 6) is 0. The summed E-state index contributed by atoms with van der Waals surface area (Å²) in [6.45, 7) is 9.69. The van der Waals surface area contributed by atoms with Gasteiger partial charge in [-0.3, -0.25) is 0 Å². The molecule has 94 heavy (non-hydrogen) atoms. The standard InChI is InChI=1S/C92H64N2/c1-91(2)81-49-55(37-41-69(81)71-43-39-59(53-83(71)91)93(87-51-57-19-5-7-21-61(57)63-23-13-15-29-73(63)87)85-47-45-77-67-27-11-9-25-65(67)75-31-17-33-79(85)89(75)77)35-36-56-38-42-70-72-44-40-60(54-84(72)92(3,4)82(70)50-56)94(88-52-58-20-6-8-22-62(58)64-24-14-16-30-74(64)88)86-48-46-78-68-28-12-10-26-66(68)76-32-18-34-80(86)90(76)78/h5-9,11-25,27-54H,10,26H2,1-4H3/b36-35+. The molecule has 5 aliphatic carbocycles. The lowest BCUT2D eigenvalue weighted by Gasteiger charge is -2.30. The lowest BCUT2D eigenvalue weighted by molar-refractivity contribution is 0.660. The van der Waals surface area contributed by atoms with Crippen molar-refractivity contribution in [2.75, 3.05) is 9.80 Å². The van der Waals surface area contributed by atoms with Crippen molar-refractivity contribution in [1.82, 2.24) is 0 Å². The van der Waals surface area contributed by atoms with Crippen molar-refractivity contribution in [3.63, 3.8) is 0 Å². The molecular formula is C92H64N2. The molecule has 0 spiro atoms. The van der Waals surface area contributed by atoms with E-state index in [2.05, 4.69) is 329 Å². The van der Waals surface area contributed by atoms with Crippen LogP contribution in [0.4, 0.5) is 34.1 Å². The molecule has 20 rings (SSSR count). The van der Waals surface area contributed by atoms with E-state index in [1.165, 1.54) is 188 Å². The largest absolute Gasteiger partial charge is 0.309 e. The fourth-order valence-corrected chi connectivity index (χ4v) is 17.7. The van der Waals surface area contributed by atoms with E-state index in [4.69, 9.17) is 0 Å². The van der Waals surface area contributed by atoms with Crippen LogP contribution >= 0.6 is 0 Å². The zero-order valence-electron chi connectivity index (χ0n) is 53.0. The lowest BCUT2D eigenvalue weighted by Crippen LogP contribution is -2.17. The van der Waals surface area contributed by atoms with Crippen molar-refractivity contribution < 1.29 is 0 Å². The van der Waals surface area contributed by atoms with Crippen LogP contribution in [-0.4, -0.2) is 0 Å². The van der Waals surface area contributed by atoms with Gasteiger partial charge in [-0.2, -0.15) is 0 Å². The first kappa shape index (κ1) is 53.4. The zero-order chi connectivity index (χ0) is 62.3. The van der Waals surface area contributed by atoms with Crippen LogP contribution in [0.1, 0.15) is 85.0 Å². The highest BCUT2D eigenvalue weighted by molar-refractivity contribution is 6.23. The molecule has 0 atom stereocenters. The molecule has 0 aromatic heterocycles. The SMILES string of the molecule is CC1(C)c2cc(/C=C/c3ccc4c(c3)C(C)(C)c3cc(N(c5ccc6c7c(cccc57)-c5ccccc5-6)c5cc6ccccc6c6ccccc56)ccc3-4)ccc2-c2ccc(N(c3ccc4c5c(cccc35)C3=C4C=CCC3)c3cc4ccccc4c4ccccc34)cc21. The minimum absolute atomic E-state index is 0.266. The normalized spacial score (nSPS) is 14.8. The fraction of sp³-hybridized carbons (Fsp3) is 0.0870. The second-order valence-electron chi connectivity index (χ2n) is 27.7. The van der Waals surface area contributed by atoms with Crippen LogP contribution in [0.25, 0.3) is 132 Å². The molecule has 2 heteroatoms. The molecule has 15 aromatic rings. The molecule has 0 bridgehead atoms. The Hall–Kier alpha value is -11.3. The van der Waals surface area contributed by atoms with Gasteiger partial charge in [0.1, 0.15) is 0 Å². The second kappa shape index (κ2) is 19.6. The van der Waals surface area contributed by atoms with Crippen molar-refractivity contribution in [2.24, 2.45) is 0 Å². The first-order valence-corrected chi connectivity index (χ1v) is 33.4. The van der Waals surface area contributed by atoms with Crippen LogP contribution in [0.5, 0.6) is 0 Å². The molecule has 0 fully saturated rings. The van der Waals surface area contributed by atoms with Crippen LogP contribution in [-0.2, 0) is 10.8 Å². The summed E-state index contributed by atoms with van der Waals surface area (Å²) < 4.78 is 0. The third-order valence-electron chi connectivity index (χ3n) is 22.1. The summed E-state index contributed by atoms with van der Waals surface area (Å²) in [7, 11) is 0. The molecule has 0 saturated heterocycles. The summed E-state index contributed by atoms with van der Waals surface area (Å²) in [4.78, 5) is 5.13. The minimum atomic E-state index is -0.271. The van der Waals surface area contributed by atoms with E-state index in [1.54, 1.807) is 0 Å². The van der Waals surface area contributed by atoms with Crippen molar-refractivity contribution in [3.8, 4) is 44.5 Å². The second-order valence-corrected chi connectivity index (χ2v) is 27.7. The monoisotopic (exact) mass is 1200 g/mol. The van der Waals surface area contributed by atoms with Gasteiger partial charge >= 0.3 is 0 Å². The first-order valence-electron chi connectivity index (χ1n) is 33.4. The molecule has 0 N–H and O–H groups in total. The maximum absolute atomic E-state index is 2.57. The summed E-state index contributed by atoms with van der Waals surface area (Å²) >= 11 is 0. The highest BCUT2D eigenvalue weighted by Crippen LogP contribution is 2.58. The predicted molar refractivity (Wildman–Crippen MR) is 401 cm³/mol. The quantitative estimate of drug-likeness (QED) is 0.111. The van der Waals surface area contributed by atoms with E-state index in [0.29, 0.717) is 0 Å². The van der Waals surface area contributed by atoms with E-state index in [9.17, 15) is 0 Å². The molecule has 0 radical (unpaired) electrons. The predicted octanol–water partition coefficient (Wildman–Crippen LogP) is 25.6. The third kappa shape index (κ3) is 7.48. The number of allylic oxidation sites excluding steroid dienone is 4. The molecular weight excluding hydrogens is 1130 g/mol. The Morgan fingerprint density at radius 3 is 1.22 bits per heavy atom. The van der Waals surface area contributed by atoms with Crippen LogP contribution in [0, 0.1) is 0 Å². The molecule has 2 nitrogen and oxygen atoms in total. The number of anilines is 6. The van der Waals surface area contributed by atoms with Crippen molar-refractivity contribution in [2.45, 2.75) is 51.4 Å². The van der Waals surface area contributed by atoms with E-state index >= 15 is 0 Å². The number of benzene rings is 15. The lowest BCUT2D eigenvalue weighted by atomic mass is 9.81. The van der Waals surface area contributed by atoms with Gasteiger partial charge in [-0.15, -0.1) is 0 Å². The average Bonchev–Trinajstić information content (AvgIpc) is 1.45. The summed E-state index contributed by atoms with van der Waals surface area (Å²) in [5, 5.41) is 15.2. The Labute approximate surface area is 548 Å². The Morgan fingerprint density at radius 2 is 0.691 bits per heavy atom. The minimum Gasteiger partial charge on any atom is -0.309 e. The van der Waals surface area contributed by atoms with E-state index in [-0.39, 0.29) is 10.8 Å². The summed E-state index contributed by atoms with van der Waals surface area (Å²) in [6.07, 6.45) is 11.5. The van der Waals surface area contributed by atoms with Crippen molar-refractivity contribution >= 4 is 122 Å². The smallest absolute Gasteiger partial charge is 0.0546 e. The highest BCUT2D eigenvalue weighted by atomic mass is 15.2. The van der Waals surface area contributed by atoms with Gasteiger partial charge in [0, 0.05) is 43.7 Å². The number of rotatable bonds is 8. The van der Waals surface area contributed by atoms with Gasteiger partial charge in [0.05, 0.1) is 22.7 Å². The van der Waals surface area contributed by atoms with E-state index in [0.717, 1.165) is 24.2 Å². The number of fused-ring (bicyclic) bond motifs is 17. The first-order chi connectivity index (χ1) is 46.1. The maximum atomic E-state index is 2.57. The van der Waals surface area contributed by atoms with E-state index in [1.807, 2.05) is 0 Å². The maximum Gasteiger partial charge on any atom is 0.0546 e. The number of hydrogen-bond donors (Lipinski definition) is 0. The van der Waals surface area contributed by atoms with Crippen LogP contribution in [0.2, 0.25) is 0 Å². The zero-order valence-corrected chi connectivity index (χ0v) is 53.0. The average molecular weight is 1200 g/mol. The Balaban J connectivity index is 0.656. The van der Waals surface area contributed by atoms with Gasteiger partial charge in [-0.1, -0.05) is 270 Å². The molecule has 15 aromatic carbocycles. The fourth-order valence-electron chi connectivity index (χ4n) is 17.7. The highest BCUT2D eigenvalue weighted by Gasteiger charge is 2.39. The third-order valence-corrected chi connectivity index (χ3v) is 22.1. The van der Waals surface area contributed by atoms with Gasteiger partial charge in [0.25, 0.3) is 0 Å². The van der Waals surface area contributed by atoms with E-state index < -0.39 is 0 Å². The molecule has 5 aliphatic rings. The van der Waals surface area contributed by atoms with Gasteiger partial charge in [0.2, 0.25) is 0 Å². The van der Waals surface area contributed by atoms with Crippen molar-refractivity contribution in [1.29, 1.82) is 0 Å². The molecule has 0 unspecified atom stereocenters. The van der Waals surface area contributed by atoms with Crippen LogP contribution < -0.4 is 9.80 Å². The van der Waals surface area contributed by atoms with Gasteiger partial charge < -0.3 is 9.80 Å². The molecule has 0 heterocycles. The van der Waals surface area contributed by atoms with Crippen LogP contribution in [0.15, 0.2) is 279 Å². The molecule has 0 amide bonds. The molecule has 442 valence electrons. The number of nitrogens with zero attached hydrogens (tertiary/aromatic N) is 2. The molecule has 0 saturated carbocycles. The topological polar surface area (TPSA) is 6.48 Å². The Morgan fingerprint density at radius 1 is 0.298 bits per heavy atom. The van der Waals surface area contributed by atoms with Crippen molar-refractivity contribution in [3.05, 3.63) is 324 Å². The Bertz CT molecular complexity index is 5970. The van der Waals surface area contributed by atoms with Gasteiger partial charge in [-0.05, 0) is 205 Å². The molecule has 0 aliphatic heterocycles. The van der Waals surface area contributed by atoms with Gasteiger partial charge in [0.15, 0.2) is 0 Å². The summed E-state index contributed by atoms with van der Waals surface area (Å²) in [6, 6.07) is 102.